The molecular formula is C17H14FN3O. The van der Waals surface area contributed by atoms with Gasteiger partial charge in [0.15, 0.2) is 11.5 Å². The number of alkyl halides is 1. The molecule has 2 aromatic heterocycles. The van der Waals surface area contributed by atoms with E-state index >= 15 is 0 Å². The zero-order valence-corrected chi connectivity index (χ0v) is 11.8. The molecule has 0 unspecified atom stereocenters. The Balaban J connectivity index is 1.68. The summed E-state index contributed by atoms with van der Waals surface area (Å²) in [5.74, 6) is -0.356. The Kier molecular flexibility index (Phi) is 2.82. The number of hydrogen-bond acceptors (Lipinski definition) is 3. The lowest BCUT2D eigenvalue weighted by molar-refractivity contribution is -0.124. The third-order valence-corrected chi connectivity index (χ3v) is 4.14. The van der Waals surface area contributed by atoms with Crippen LogP contribution in [0.5, 0.6) is 0 Å². The Morgan fingerprint density at radius 3 is 2.77 bits per heavy atom. The van der Waals surface area contributed by atoms with Gasteiger partial charge in [0.25, 0.3) is 0 Å². The van der Waals surface area contributed by atoms with Crippen molar-refractivity contribution in [3.05, 3.63) is 48.5 Å². The standard InChI is InChI=1S/C17H14FN3O/c18-17(3-4-17)16(22)7-15-6-13-5-11(14-9-20-21-10-14)1-2-12(13)8-19-15/h1-2,5-6,8-10H,3-4,7H2,(H,20,21). The Bertz CT molecular complexity index is 853. The van der Waals surface area contributed by atoms with E-state index in [-0.39, 0.29) is 12.2 Å². The Hall–Kier alpha value is -2.56. The molecule has 0 spiro atoms. The molecular weight excluding hydrogens is 281 g/mol. The number of aromatic nitrogens is 3. The second-order valence-electron chi connectivity index (χ2n) is 5.79. The van der Waals surface area contributed by atoms with Gasteiger partial charge in [-0.05, 0) is 35.9 Å². The predicted octanol–water partition coefficient (Wildman–Crippen LogP) is 3.24. The molecule has 0 radical (unpaired) electrons. The summed E-state index contributed by atoms with van der Waals surface area (Å²) in [5, 5.41) is 8.71. The number of aromatic amines is 1. The first-order chi connectivity index (χ1) is 10.6. The number of Topliss-reactive ketones (excluding diaryl/α,β-unsaturated/α-hetero) is 1. The quantitative estimate of drug-likeness (QED) is 0.804. The number of H-pyrrole nitrogens is 1. The van der Waals surface area contributed by atoms with Crippen LogP contribution in [0, 0.1) is 0 Å². The number of benzene rings is 1. The Morgan fingerprint density at radius 1 is 1.18 bits per heavy atom. The van der Waals surface area contributed by atoms with Crippen molar-refractivity contribution < 1.29 is 9.18 Å². The molecule has 1 aromatic carbocycles. The first kappa shape index (κ1) is 13.1. The van der Waals surface area contributed by atoms with Crippen molar-refractivity contribution in [1.82, 2.24) is 15.2 Å². The van der Waals surface area contributed by atoms with E-state index in [4.69, 9.17) is 0 Å². The van der Waals surface area contributed by atoms with Crippen molar-refractivity contribution in [1.29, 1.82) is 0 Å². The molecule has 3 aromatic rings. The number of carbonyl (C=O) groups excluding carboxylic acids is 1. The maximum Gasteiger partial charge on any atom is 0.175 e. The molecule has 0 aliphatic heterocycles. The lowest BCUT2D eigenvalue weighted by Gasteiger charge is -2.06. The second-order valence-corrected chi connectivity index (χ2v) is 5.79. The summed E-state index contributed by atoms with van der Waals surface area (Å²) in [6.07, 6.45) is 6.07. The van der Waals surface area contributed by atoms with E-state index in [2.05, 4.69) is 15.2 Å². The predicted molar refractivity (Wildman–Crippen MR) is 81.1 cm³/mol. The molecule has 110 valence electrons. The number of rotatable bonds is 4. The Labute approximate surface area is 126 Å². The average molecular weight is 295 g/mol. The van der Waals surface area contributed by atoms with E-state index < -0.39 is 5.67 Å². The molecule has 22 heavy (non-hydrogen) atoms. The molecule has 0 saturated heterocycles. The summed E-state index contributed by atoms with van der Waals surface area (Å²) in [6.45, 7) is 0. The summed E-state index contributed by atoms with van der Waals surface area (Å²) in [5.41, 5.74) is 1.06. The topological polar surface area (TPSA) is 58.6 Å². The number of nitrogens with zero attached hydrogens (tertiary/aromatic N) is 2. The molecule has 1 N–H and O–H groups in total. The minimum Gasteiger partial charge on any atom is -0.296 e. The molecule has 4 nitrogen and oxygen atoms in total. The van der Waals surface area contributed by atoms with Gasteiger partial charge in [-0.1, -0.05) is 12.1 Å². The van der Waals surface area contributed by atoms with Gasteiger partial charge in [0, 0.05) is 29.0 Å². The second kappa shape index (κ2) is 4.73. The van der Waals surface area contributed by atoms with Crippen molar-refractivity contribution in [2.45, 2.75) is 24.9 Å². The van der Waals surface area contributed by atoms with Gasteiger partial charge in [-0.3, -0.25) is 14.9 Å². The lowest BCUT2D eigenvalue weighted by atomic mass is 10.0. The van der Waals surface area contributed by atoms with E-state index in [0.717, 1.165) is 21.9 Å². The summed E-state index contributed by atoms with van der Waals surface area (Å²) >= 11 is 0. The first-order valence-electron chi connectivity index (χ1n) is 7.24. The van der Waals surface area contributed by atoms with Gasteiger partial charge in [0.05, 0.1) is 12.6 Å². The zero-order valence-electron chi connectivity index (χ0n) is 11.8. The molecule has 0 bridgehead atoms. The largest absolute Gasteiger partial charge is 0.296 e. The van der Waals surface area contributed by atoms with E-state index in [9.17, 15) is 9.18 Å². The number of pyridine rings is 1. The van der Waals surface area contributed by atoms with Gasteiger partial charge in [-0.25, -0.2) is 4.39 Å². The molecule has 5 heteroatoms. The zero-order chi connectivity index (χ0) is 15.2. The van der Waals surface area contributed by atoms with Crippen LogP contribution < -0.4 is 0 Å². The number of nitrogens with one attached hydrogen (secondary N) is 1. The summed E-state index contributed by atoms with van der Waals surface area (Å²) < 4.78 is 13.8. The number of hydrogen-bond donors (Lipinski definition) is 1. The summed E-state index contributed by atoms with van der Waals surface area (Å²) in [4.78, 5) is 16.1. The van der Waals surface area contributed by atoms with Crippen molar-refractivity contribution in [3.63, 3.8) is 0 Å². The van der Waals surface area contributed by atoms with Crippen LogP contribution in [0.25, 0.3) is 21.9 Å². The lowest BCUT2D eigenvalue weighted by Crippen LogP contribution is -2.19. The normalized spacial score (nSPS) is 15.9. The van der Waals surface area contributed by atoms with Gasteiger partial charge >= 0.3 is 0 Å². The van der Waals surface area contributed by atoms with Crippen LogP contribution in [0.3, 0.4) is 0 Å². The van der Waals surface area contributed by atoms with E-state index in [1.807, 2.05) is 30.5 Å². The van der Waals surface area contributed by atoms with Crippen molar-refractivity contribution >= 4 is 16.6 Å². The van der Waals surface area contributed by atoms with Crippen LogP contribution in [0.15, 0.2) is 42.9 Å². The number of ketones is 1. The monoisotopic (exact) mass is 295 g/mol. The van der Waals surface area contributed by atoms with Crippen molar-refractivity contribution in [3.8, 4) is 11.1 Å². The molecule has 0 amide bonds. The molecule has 1 fully saturated rings. The minimum atomic E-state index is -1.59. The molecule has 1 aliphatic carbocycles. The van der Waals surface area contributed by atoms with Crippen LogP contribution in [-0.4, -0.2) is 26.6 Å². The number of fused-ring (bicyclic) bond motifs is 1. The maximum absolute atomic E-state index is 13.8. The number of carbonyl (C=O) groups is 1. The highest BCUT2D eigenvalue weighted by molar-refractivity contribution is 5.92. The van der Waals surface area contributed by atoms with Crippen molar-refractivity contribution in [2.24, 2.45) is 0 Å². The maximum atomic E-state index is 13.8. The molecule has 1 aliphatic rings. The fraction of sp³-hybridized carbons (Fsp3) is 0.235. The SMILES string of the molecule is O=C(Cc1cc2cc(-c3cn[nH]c3)ccc2cn1)C1(F)CC1. The average Bonchev–Trinajstić information content (AvgIpc) is 3.06. The van der Waals surface area contributed by atoms with E-state index in [0.29, 0.717) is 18.5 Å². The van der Waals surface area contributed by atoms with E-state index in [1.165, 1.54) is 0 Å². The highest BCUT2D eigenvalue weighted by atomic mass is 19.1. The van der Waals surface area contributed by atoms with Crippen LogP contribution in [0.1, 0.15) is 18.5 Å². The van der Waals surface area contributed by atoms with Gasteiger partial charge in [-0.2, -0.15) is 5.10 Å². The molecule has 0 atom stereocenters. The van der Waals surface area contributed by atoms with Crippen molar-refractivity contribution in [2.75, 3.05) is 0 Å². The smallest absolute Gasteiger partial charge is 0.175 e. The van der Waals surface area contributed by atoms with Gasteiger partial charge in [0.1, 0.15) is 0 Å². The highest BCUT2D eigenvalue weighted by Crippen LogP contribution is 2.41. The third-order valence-electron chi connectivity index (χ3n) is 4.14. The first-order valence-corrected chi connectivity index (χ1v) is 7.24. The summed E-state index contributed by atoms with van der Waals surface area (Å²) in [6, 6.07) is 7.87. The van der Waals surface area contributed by atoms with Crippen LogP contribution in [0.4, 0.5) is 4.39 Å². The van der Waals surface area contributed by atoms with Gasteiger partial charge < -0.3 is 0 Å². The Morgan fingerprint density at radius 2 is 2.05 bits per heavy atom. The number of halogens is 1. The fourth-order valence-electron chi connectivity index (χ4n) is 2.58. The van der Waals surface area contributed by atoms with Gasteiger partial charge in [0.2, 0.25) is 0 Å². The van der Waals surface area contributed by atoms with Crippen LogP contribution >= 0.6 is 0 Å². The highest BCUT2D eigenvalue weighted by Gasteiger charge is 2.49. The fourth-order valence-corrected chi connectivity index (χ4v) is 2.58. The molecule has 1 saturated carbocycles. The van der Waals surface area contributed by atoms with Gasteiger partial charge in [-0.15, -0.1) is 0 Å². The van der Waals surface area contributed by atoms with E-state index in [1.54, 1.807) is 12.4 Å². The van der Waals surface area contributed by atoms with Crippen LogP contribution in [0.2, 0.25) is 0 Å². The molecule has 2 heterocycles. The molecule has 4 rings (SSSR count). The summed E-state index contributed by atoms with van der Waals surface area (Å²) in [7, 11) is 0. The third kappa shape index (κ3) is 2.28. The van der Waals surface area contributed by atoms with Crippen LogP contribution in [-0.2, 0) is 11.2 Å². The minimum absolute atomic E-state index is 0.0579.